The Morgan fingerprint density at radius 3 is 2.15 bits per heavy atom. The summed E-state index contributed by atoms with van der Waals surface area (Å²) in [5, 5.41) is 0. The van der Waals surface area contributed by atoms with Crippen molar-refractivity contribution in [1.82, 2.24) is 4.90 Å². The van der Waals surface area contributed by atoms with Crippen LogP contribution >= 0.6 is 0 Å². The minimum Gasteiger partial charge on any atom is -0.468 e. The number of hydrogen-bond donors (Lipinski definition) is 0. The third kappa shape index (κ3) is 1.85. The molecule has 1 aliphatic carbocycles. The summed E-state index contributed by atoms with van der Waals surface area (Å²) in [5.41, 5.74) is -0.340. The lowest BCUT2D eigenvalue weighted by Gasteiger charge is -2.39. The van der Waals surface area contributed by atoms with E-state index in [-0.39, 0.29) is 11.5 Å². The second-order valence-corrected chi connectivity index (χ2v) is 3.98. The highest BCUT2D eigenvalue weighted by Crippen LogP contribution is 2.33. The number of nitrogens with zero attached hydrogens (tertiary/aromatic N) is 1. The number of rotatable bonds is 2. The van der Waals surface area contributed by atoms with Gasteiger partial charge in [-0.2, -0.15) is 0 Å². The molecular formula is C10H19NO2. The fraction of sp³-hybridized carbons (Fsp3) is 0.900. The molecule has 3 nitrogen and oxygen atoms in total. The van der Waals surface area contributed by atoms with Crippen LogP contribution < -0.4 is 0 Å². The quantitative estimate of drug-likeness (QED) is 0.609. The fourth-order valence-corrected chi connectivity index (χ4v) is 2.16. The first kappa shape index (κ1) is 10.5. The Morgan fingerprint density at radius 2 is 1.77 bits per heavy atom. The van der Waals surface area contributed by atoms with Gasteiger partial charge in [0.25, 0.3) is 0 Å². The van der Waals surface area contributed by atoms with Gasteiger partial charge in [-0.05, 0) is 26.9 Å². The molecule has 1 saturated carbocycles. The minimum absolute atomic E-state index is 0.0720. The largest absolute Gasteiger partial charge is 0.468 e. The molecule has 0 aromatic rings. The molecule has 0 radical (unpaired) electrons. The zero-order chi connectivity index (χ0) is 9.90. The van der Waals surface area contributed by atoms with Gasteiger partial charge < -0.3 is 4.74 Å². The number of carbonyl (C=O) groups excluding carboxylic acids is 1. The highest BCUT2D eigenvalue weighted by molar-refractivity contribution is 5.80. The molecule has 0 atom stereocenters. The number of likely N-dealkylation sites (N-methyl/N-ethyl adjacent to an activating group) is 1. The minimum atomic E-state index is -0.340. The lowest BCUT2D eigenvalue weighted by molar-refractivity contribution is -0.156. The van der Waals surface area contributed by atoms with Gasteiger partial charge in [0.1, 0.15) is 5.54 Å². The van der Waals surface area contributed by atoms with Gasteiger partial charge in [0.05, 0.1) is 7.11 Å². The van der Waals surface area contributed by atoms with Crippen molar-refractivity contribution in [1.29, 1.82) is 0 Å². The second-order valence-electron chi connectivity index (χ2n) is 3.98. The molecule has 1 aliphatic rings. The highest BCUT2D eigenvalue weighted by Gasteiger charge is 2.42. The number of esters is 1. The maximum atomic E-state index is 11.7. The second kappa shape index (κ2) is 4.09. The predicted molar refractivity (Wildman–Crippen MR) is 51.5 cm³/mol. The van der Waals surface area contributed by atoms with Crippen molar-refractivity contribution in [2.45, 2.75) is 37.6 Å². The average molecular weight is 185 g/mol. The normalized spacial score (nSPS) is 21.5. The summed E-state index contributed by atoms with van der Waals surface area (Å²) >= 11 is 0. The van der Waals surface area contributed by atoms with Crippen LogP contribution in [0.2, 0.25) is 0 Å². The number of carbonyl (C=O) groups is 1. The first-order valence-electron chi connectivity index (χ1n) is 4.89. The van der Waals surface area contributed by atoms with Gasteiger partial charge in [0.15, 0.2) is 0 Å². The molecular weight excluding hydrogens is 166 g/mol. The van der Waals surface area contributed by atoms with Crippen LogP contribution in [0.3, 0.4) is 0 Å². The van der Waals surface area contributed by atoms with Crippen LogP contribution in [0.15, 0.2) is 0 Å². The molecule has 3 heteroatoms. The number of hydrogen-bond acceptors (Lipinski definition) is 3. The first-order chi connectivity index (χ1) is 6.13. The Morgan fingerprint density at radius 1 is 1.23 bits per heavy atom. The average Bonchev–Trinajstić information content (AvgIpc) is 2.17. The molecule has 0 bridgehead atoms. The molecule has 0 spiro atoms. The van der Waals surface area contributed by atoms with Crippen LogP contribution in [0.4, 0.5) is 0 Å². The van der Waals surface area contributed by atoms with Crippen molar-refractivity contribution >= 4 is 5.97 Å². The van der Waals surface area contributed by atoms with Crippen LogP contribution in [-0.4, -0.2) is 37.6 Å². The molecule has 0 N–H and O–H groups in total. The van der Waals surface area contributed by atoms with Crippen LogP contribution in [-0.2, 0) is 9.53 Å². The summed E-state index contributed by atoms with van der Waals surface area (Å²) < 4.78 is 4.87. The van der Waals surface area contributed by atoms with Crippen LogP contribution in [0, 0.1) is 0 Å². The summed E-state index contributed by atoms with van der Waals surface area (Å²) in [6, 6.07) is 0. The Bertz CT molecular complexity index is 183. The predicted octanol–water partition coefficient (Wildman–Crippen LogP) is 1.42. The molecule has 1 rings (SSSR count). The summed E-state index contributed by atoms with van der Waals surface area (Å²) in [4.78, 5) is 13.7. The summed E-state index contributed by atoms with van der Waals surface area (Å²) in [6.45, 7) is 0. The Kier molecular flexibility index (Phi) is 3.31. The van der Waals surface area contributed by atoms with Crippen molar-refractivity contribution < 1.29 is 9.53 Å². The summed E-state index contributed by atoms with van der Waals surface area (Å²) in [5.74, 6) is -0.0720. The highest BCUT2D eigenvalue weighted by atomic mass is 16.5. The Balaban J connectivity index is 2.79. The van der Waals surface area contributed by atoms with E-state index in [1.54, 1.807) is 0 Å². The van der Waals surface area contributed by atoms with E-state index < -0.39 is 0 Å². The van der Waals surface area contributed by atoms with Gasteiger partial charge in [-0.1, -0.05) is 19.3 Å². The third-order valence-electron chi connectivity index (χ3n) is 3.10. The number of ether oxygens (including phenoxy) is 1. The van der Waals surface area contributed by atoms with Gasteiger partial charge in [-0.15, -0.1) is 0 Å². The van der Waals surface area contributed by atoms with Crippen molar-refractivity contribution in [3.8, 4) is 0 Å². The van der Waals surface area contributed by atoms with E-state index in [9.17, 15) is 4.79 Å². The maximum absolute atomic E-state index is 11.7. The van der Waals surface area contributed by atoms with Crippen LogP contribution in [0.1, 0.15) is 32.1 Å². The topological polar surface area (TPSA) is 29.5 Å². The molecule has 0 saturated heterocycles. The lowest BCUT2D eigenvalue weighted by atomic mass is 9.81. The van der Waals surface area contributed by atoms with Gasteiger partial charge >= 0.3 is 5.97 Å². The molecule has 0 aromatic carbocycles. The van der Waals surface area contributed by atoms with E-state index in [1.807, 2.05) is 19.0 Å². The zero-order valence-electron chi connectivity index (χ0n) is 8.80. The zero-order valence-corrected chi connectivity index (χ0v) is 8.80. The van der Waals surface area contributed by atoms with Gasteiger partial charge in [-0.3, -0.25) is 9.69 Å². The Hall–Kier alpha value is -0.570. The van der Waals surface area contributed by atoms with E-state index in [2.05, 4.69) is 0 Å². The van der Waals surface area contributed by atoms with E-state index in [4.69, 9.17) is 4.74 Å². The van der Waals surface area contributed by atoms with Crippen LogP contribution in [0.25, 0.3) is 0 Å². The van der Waals surface area contributed by atoms with Gasteiger partial charge in [0.2, 0.25) is 0 Å². The molecule has 13 heavy (non-hydrogen) atoms. The molecule has 1 fully saturated rings. The molecule has 0 amide bonds. The monoisotopic (exact) mass is 185 g/mol. The molecule has 0 unspecified atom stereocenters. The van der Waals surface area contributed by atoms with Gasteiger partial charge in [0, 0.05) is 0 Å². The molecule has 76 valence electrons. The van der Waals surface area contributed by atoms with Crippen molar-refractivity contribution in [3.63, 3.8) is 0 Å². The standard InChI is InChI=1S/C10H19NO2/c1-11(2)10(9(12)13-3)7-5-4-6-8-10/h4-8H2,1-3H3. The van der Waals surface area contributed by atoms with E-state index in [0.29, 0.717) is 0 Å². The maximum Gasteiger partial charge on any atom is 0.326 e. The van der Waals surface area contributed by atoms with Crippen molar-refractivity contribution in [3.05, 3.63) is 0 Å². The summed E-state index contributed by atoms with van der Waals surface area (Å²) in [7, 11) is 5.40. The van der Waals surface area contributed by atoms with Crippen molar-refractivity contribution in [2.75, 3.05) is 21.2 Å². The Labute approximate surface area is 80.1 Å². The van der Waals surface area contributed by atoms with Gasteiger partial charge in [-0.25, -0.2) is 0 Å². The van der Waals surface area contributed by atoms with E-state index in [1.165, 1.54) is 13.5 Å². The summed E-state index contributed by atoms with van der Waals surface area (Å²) in [6.07, 6.45) is 5.38. The lowest BCUT2D eigenvalue weighted by Crippen LogP contribution is -2.52. The molecule has 0 aromatic heterocycles. The molecule has 0 aliphatic heterocycles. The smallest absolute Gasteiger partial charge is 0.326 e. The first-order valence-corrected chi connectivity index (χ1v) is 4.89. The SMILES string of the molecule is COC(=O)C1(N(C)C)CCCCC1. The van der Waals surface area contributed by atoms with E-state index in [0.717, 1.165) is 25.7 Å². The van der Waals surface area contributed by atoms with Crippen molar-refractivity contribution in [2.24, 2.45) is 0 Å². The third-order valence-corrected chi connectivity index (χ3v) is 3.10. The van der Waals surface area contributed by atoms with Crippen LogP contribution in [0.5, 0.6) is 0 Å². The fourth-order valence-electron chi connectivity index (χ4n) is 2.16. The molecule has 0 heterocycles. The van der Waals surface area contributed by atoms with E-state index >= 15 is 0 Å². The number of methoxy groups -OCH3 is 1.